The van der Waals surface area contributed by atoms with E-state index in [9.17, 15) is 26.8 Å². The van der Waals surface area contributed by atoms with Crippen molar-refractivity contribution in [2.45, 2.75) is 37.8 Å². The molecule has 10 heteroatoms. The number of hydrogen-bond donors (Lipinski definition) is 3. The van der Waals surface area contributed by atoms with Crippen molar-refractivity contribution in [1.29, 1.82) is 0 Å². The van der Waals surface area contributed by atoms with Crippen LogP contribution in [0.1, 0.15) is 32.4 Å². The molecule has 0 aliphatic carbocycles. The van der Waals surface area contributed by atoms with Gasteiger partial charge >= 0.3 is 0 Å². The number of amides is 2. The summed E-state index contributed by atoms with van der Waals surface area (Å²) in [4.78, 5) is 23.2. The molecule has 156 valence electrons. The first kappa shape index (κ1) is 22.4. The van der Waals surface area contributed by atoms with Gasteiger partial charge in [-0.15, -0.1) is 0 Å². The van der Waals surface area contributed by atoms with E-state index in [-0.39, 0.29) is 16.4 Å². The Morgan fingerprint density at radius 2 is 1.62 bits per heavy atom. The fraction of sp³-hybridized carbons (Fsp3) is 0.263. The molecular weight excluding hydrogens is 404 g/mol. The Hall–Kier alpha value is -2.85. The summed E-state index contributed by atoms with van der Waals surface area (Å²) >= 11 is 0. The van der Waals surface area contributed by atoms with Gasteiger partial charge in [0.25, 0.3) is 0 Å². The highest BCUT2D eigenvalue weighted by Crippen LogP contribution is 2.18. The number of carbonyl (C=O) groups excluding carboxylic acids is 2. The van der Waals surface area contributed by atoms with Crippen LogP contribution in [0.25, 0.3) is 0 Å². The molecule has 0 aliphatic heterocycles. The monoisotopic (exact) mass is 425 g/mol. The van der Waals surface area contributed by atoms with Gasteiger partial charge in [-0.05, 0) is 44.2 Å². The van der Waals surface area contributed by atoms with E-state index in [1.54, 1.807) is 0 Å². The summed E-state index contributed by atoms with van der Waals surface area (Å²) in [5, 5.41) is 5.00. The summed E-state index contributed by atoms with van der Waals surface area (Å²) in [6, 6.07) is 6.44. The molecule has 0 aliphatic rings. The van der Waals surface area contributed by atoms with Crippen LogP contribution in [0.15, 0.2) is 47.4 Å². The smallest absolute Gasteiger partial charge is 0.241 e. The van der Waals surface area contributed by atoms with Gasteiger partial charge in [0.15, 0.2) is 0 Å². The Labute approximate surface area is 167 Å². The number of benzene rings is 2. The Bertz CT molecular complexity index is 1010. The number of anilines is 1. The van der Waals surface area contributed by atoms with Crippen LogP contribution in [0.2, 0.25) is 0 Å². The first-order chi connectivity index (χ1) is 13.5. The van der Waals surface area contributed by atoms with Crippen molar-refractivity contribution in [2.75, 3.05) is 5.32 Å². The minimum atomic E-state index is -4.01. The second kappa shape index (κ2) is 9.10. The lowest BCUT2D eigenvalue weighted by Crippen LogP contribution is -2.45. The van der Waals surface area contributed by atoms with E-state index < -0.39 is 39.6 Å². The minimum Gasteiger partial charge on any atom is -0.348 e. The van der Waals surface area contributed by atoms with Gasteiger partial charge in [0, 0.05) is 24.2 Å². The van der Waals surface area contributed by atoms with E-state index in [1.807, 2.05) is 0 Å². The largest absolute Gasteiger partial charge is 0.348 e. The van der Waals surface area contributed by atoms with Crippen molar-refractivity contribution in [1.82, 2.24) is 10.0 Å². The van der Waals surface area contributed by atoms with Gasteiger partial charge < -0.3 is 10.6 Å². The highest BCUT2D eigenvalue weighted by atomic mass is 32.2. The number of halogens is 2. The fourth-order valence-corrected chi connectivity index (χ4v) is 3.75. The summed E-state index contributed by atoms with van der Waals surface area (Å²) in [6.07, 6.45) is 0. The first-order valence-electron chi connectivity index (χ1n) is 8.65. The molecule has 0 saturated heterocycles. The highest BCUT2D eigenvalue weighted by Gasteiger charge is 2.24. The van der Waals surface area contributed by atoms with Gasteiger partial charge in [-0.2, -0.15) is 4.72 Å². The minimum absolute atomic E-state index is 0.0726. The Morgan fingerprint density at radius 3 is 2.17 bits per heavy atom. The SMILES string of the molecule is CC(=O)Nc1ccc(S(=O)(=O)N[C@H](C)C(=O)N[C@H](C)c2ccc(F)cc2F)cc1. The average molecular weight is 425 g/mol. The van der Waals surface area contributed by atoms with Crippen LogP contribution >= 0.6 is 0 Å². The van der Waals surface area contributed by atoms with E-state index in [0.717, 1.165) is 6.07 Å². The maximum absolute atomic E-state index is 13.8. The molecule has 0 aromatic heterocycles. The normalized spacial score (nSPS) is 13.4. The molecule has 0 unspecified atom stereocenters. The number of rotatable bonds is 7. The molecule has 0 spiro atoms. The summed E-state index contributed by atoms with van der Waals surface area (Å²) < 4.78 is 54.0. The lowest BCUT2D eigenvalue weighted by Gasteiger charge is -2.19. The van der Waals surface area contributed by atoms with Crippen LogP contribution in [-0.4, -0.2) is 26.3 Å². The van der Waals surface area contributed by atoms with Crippen molar-refractivity contribution in [3.63, 3.8) is 0 Å². The van der Waals surface area contributed by atoms with Crippen molar-refractivity contribution in [3.05, 3.63) is 59.7 Å². The summed E-state index contributed by atoms with van der Waals surface area (Å²) in [7, 11) is -4.01. The van der Waals surface area contributed by atoms with Crippen LogP contribution in [0, 0.1) is 11.6 Å². The topological polar surface area (TPSA) is 104 Å². The van der Waals surface area contributed by atoms with Crippen LogP contribution < -0.4 is 15.4 Å². The number of hydrogen-bond acceptors (Lipinski definition) is 4. The third-order valence-corrected chi connectivity index (χ3v) is 5.55. The van der Waals surface area contributed by atoms with Gasteiger partial charge in [0.1, 0.15) is 11.6 Å². The van der Waals surface area contributed by atoms with E-state index in [0.29, 0.717) is 11.8 Å². The zero-order valence-corrected chi connectivity index (χ0v) is 16.8. The van der Waals surface area contributed by atoms with Gasteiger partial charge in [-0.25, -0.2) is 17.2 Å². The second-order valence-electron chi connectivity index (χ2n) is 6.44. The zero-order valence-electron chi connectivity index (χ0n) is 16.0. The third kappa shape index (κ3) is 6.06. The maximum Gasteiger partial charge on any atom is 0.241 e. The molecule has 0 heterocycles. The lowest BCUT2D eigenvalue weighted by atomic mass is 10.1. The summed E-state index contributed by atoms with van der Waals surface area (Å²) in [6.45, 7) is 4.16. The summed E-state index contributed by atoms with van der Waals surface area (Å²) in [5.41, 5.74) is 0.501. The predicted octanol–water partition coefficient (Wildman–Crippen LogP) is 2.47. The van der Waals surface area contributed by atoms with E-state index in [1.165, 1.54) is 51.1 Å². The first-order valence-corrected chi connectivity index (χ1v) is 10.1. The number of nitrogens with one attached hydrogen (secondary N) is 3. The van der Waals surface area contributed by atoms with Crippen LogP contribution in [0.5, 0.6) is 0 Å². The molecular formula is C19H21F2N3O4S. The molecule has 2 rings (SSSR count). The molecule has 3 N–H and O–H groups in total. The van der Waals surface area contributed by atoms with Crippen molar-refractivity contribution in [2.24, 2.45) is 0 Å². The lowest BCUT2D eigenvalue weighted by molar-refractivity contribution is -0.123. The molecule has 7 nitrogen and oxygen atoms in total. The molecule has 2 amide bonds. The molecule has 0 bridgehead atoms. The Kier molecular flexibility index (Phi) is 7.04. The quantitative estimate of drug-likeness (QED) is 0.634. The maximum atomic E-state index is 13.8. The molecule has 2 aromatic rings. The molecule has 2 atom stereocenters. The predicted molar refractivity (Wildman–Crippen MR) is 103 cm³/mol. The molecule has 29 heavy (non-hydrogen) atoms. The van der Waals surface area contributed by atoms with E-state index in [4.69, 9.17) is 0 Å². The molecule has 0 radical (unpaired) electrons. The molecule has 0 saturated carbocycles. The van der Waals surface area contributed by atoms with Crippen molar-refractivity contribution in [3.8, 4) is 0 Å². The third-order valence-electron chi connectivity index (χ3n) is 4.00. The van der Waals surface area contributed by atoms with Gasteiger partial charge in [-0.1, -0.05) is 6.07 Å². The van der Waals surface area contributed by atoms with Crippen molar-refractivity contribution >= 4 is 27.5 Å². The Morgan fingerprint density at radius 1 is 1.00 bits per heavy atom. The van der Waals surface area contributed by atoms with Gasteiger partial charge in [-0.3, -0.25) is 9.59 Å². The van der Waals surface area contributed by atoms with Crippen molar-refractivity contribution < 1.29 is 26.8 Å². The zero-order chi connectivity index (χ0) is 21.8. The highest BCUT2D eigenvalue weighted by molar-refractivity contribution is 7.89. The molecule has 0 fully saturated rings. The van der Waals surface area contributed by atoms with Crippen LogP contribution in [0.3, 0.4) is 0 Å². The molecule has 2 aromatic carbocycles. The van der Waals surface area contributed by atoms with Crippen LogP contribution in [0.4, 0.5) is 14.5 Å². The number of sulfonamides is 1. The van der Waals surface area contributed by atoms with Gasteiger partial charge in [0.05, 0.1) is 17.0 Å². The standard InChI is InChI=1S/C19H21F2N3O4S/c1-11(17-9-4-14(20)10-18(17)21)22-19(26)12(2)24-29(27,28)16-7-5-15(6-8-16)23-13(3)25/h4-12,24H,1-3H3,(H,22,26)(H,23,25)/t11-,12-/m1/s1. The van der Waals surface area contributed by atoms with E-state index in [2.05, 4.69) is 15.4 Å². The van der Waals surface area contributed by atoms with E-state index >= 15 is 0 Å². The number of carbonyl (C=O) groups is 2. The van der Waals surface area contributed by atoms with Gasteiger partial charge in [0.2, 0.25) is 21.8 Å². The summed E-state index contributed by atoms with van der Waals surface area (Å²) in [5.74, 6) is -2.53. The van der Waals surface area contributed by atoms with Crippen LogP contribution in [-0.2, 0) is 19.6 Å². The Balaban J connectivity index is 2.04. The fourth-order valence-electron chi connectivity index (χ4n) is 2.54. The second-order valence-corrected chi connectivity index (χ2v) is 8.16. The average Bonchev–Trinajstić information content (AvgIpc) is 2.61.